The van der Waals surface area contributed by atoms with Crippen LogP contribution < -0.4 is 15.8 Å². The Bertz CT molecular complexity index is 362. The van der Waals surface area contributed by atoms with Gasteiger partial charge in [0.2, 0.25) is 0 Å². The normalized spacial score (nSPS) is 10.1. The predicted octanol–water partition coefficient (Wildman–Crippen LogP) is 1.42. The highest BCUT2D eigenvalue weighted by atomic mass is 16.5. The molecular formula is C11H16N2O2. The van der Waals surface area contributed by atoms with Gasteiger partial charge in [-0.15, -0.1) is 0 Å². The SMILES string of the molecule is CNC(=O)c1ccc(N)c(OC(C)C)c1. The number of carbonyl (C=O) groups excluding carboxylic acids is 1. The molecule has 1 amide bonds. The van der Waals surface area contributed by atoms with Gasteiger partial charge in [-0.1, -0.05) is 0 Å². The second kappa shape index (κ2) is 4.68. The first-order chi connectivity index (χ1) is 7.04. The van der Waals surface area contributed by atoms with Gasteiger partial charge in [0, 0.05) is 12.6 Å². The van der Waals surface area contributed by atoms with Crippen molar-refractivity contribution in [2.45, 2.75) is 20.0 Å². The minimum atomic E-state index is -0.149. The van der Waals surface area contributed by atoms with Crippen molar-refractivity contribution in [3.8, 4) is 5.75 Å². The van der Waals surface area contributed by atoms with Crippen molar-refractivity contribution >= 4 is 11.6 Å². The quantitative estimate of drug-likeness (QED) is 0.738. The summed E-state index contributed by atoms with van der Waals surface area (Å²) in [5, 5.41) is 2.55. The van der Waals surface area contributed by atoms with Crippen LogP contribution in [0.3, 0.4) is 0 Å². The molecule has 0 fully saturated rings. The van der Waals surface area contributed by atoms with Crippen molar-refractivity contribution < 1.29 is 9.53 Å². The van der Waals surface area contributed by atoms with Gasteiger partial charge in [0.25, 0.3) is 5.91 Å². The van der Waals surface area contributed by atoms with Gasteiger partial charge < -0.3 is 15.8 Å². The maximum Gasteiger partial charge on any atom is 0.251 e. The van der Waals surface area contributed by atoms with Crippen LogP contribution in [0.25, 0.3) is 0 Å². The Kier molecular flexibility index (Phi) is 3.55. The van der Waals surface area contributed by atoms with Crippen molar-refractivity contribution in [1.82, 2.24) is 5.32 Å². The summed E-state index contributed by atoms with van der Waals surface area (Å²) in [5.41, 5.74) is 6.80. The van der Waals surface area contributed by atoms with Crippen LogP contribution in [0, 0.1) is 0 Å². The average Bonchev–Trinajstić information content (AvgIpc) is 2.19. The van der Waals surface area contributed by atoms with Gasteiger partial charge in [0.05, 0.1) is 11.8 Å². The molecule has 15 heavy (non-hydrogen) atoms. The van der Waals surface area contributed by atoms with E-state index in [9.17, 15) is 4.79 Å². The summed E-state index contributed by atoms with van der Waals surface area (Å²) in [6.45, 7) is 3.82. The Morgan fingerprint density at radius 3 is 2.67 bits per heavy atom. The Labute approximate surface area is 89.4 Å². The number of benzene rings is 1. The predicted molar refractivity (Wildman–Crippen MR) is 60.0 cm³/mol. The zero-order chi connectivity index (χ0) is 11.4. The molecule has 1 aromatic rings. The topological polar surface area (TPSA) is 64.4 Å². The summed E-state index contributed by atoms with van der Waals surface area (Å²) >= 11 is 0. The lowest BCUT2D eigenvalue weighted by molar-refractivity contribution is 0.0962. The number of nitrogens with two attached hydrogens (primary N) is 1. The van der Waals surface area contributed by atoms with Crippen LogP contribution >= 0.6 is 0 Å². The van der Waals surface area contributed by atoms with Crippen molar-refractivity contribution in [2.75, 3.05) is 12.8 Å². The fraction of sp³-hybridized carbons (Fsp3) is 0.364. The summed E-state index contributed by atoms with van der Waals surface area (Å²) in [4.78, 5) is 11.4. The number of rotatable bonds is 3. The maximum atomic E-state index is 11.4. The number of ether oxygens (including phenoxy) is 1. The molecule has 0 atom stereocenters. The van der Waals surface area contributed by atoms with Crippen LogP contribution in [0.15, 0.2) is 18.2 Å². The van der Waals surface area contributed by atoms with Crippen molar-refractivity contribution in [2.24, 2.45) is 0 Å². The molecule has 4 nitrogen and oxygen atoms in total. The Balaban J connectivity index is 2.99. The van der Waals surface area contributed by atoms with E-state index in [1.165, 1.54) is 0 Å². The highest BCUT2D eigenvalue weighted by Crippen LogP contribution is 2.23. The third-order valence-electron chi connectivity index (χ3n) is 1.87. The molecule has 0 bridgehead atoms. The molecule has 1 aromatic carbocycles. The number of hydrogen-bond donors (Lipinski definition) is 2. The van der Waals surface area contributed by atoms with E-state index < -0.39 is 0 Å². The van der Waals surface area contributed by atoms with Crippen molar-refractivity contribution in [1.29, 1.82) is 0 Å². The molecule has 0 radical (unpaired) electrons. The molecule has 0 saturated carbocycles. The van der Waals surface area contributed by atoms with Gasteiger partial charge in [-0.05, 0) is 32.0 Å². The summed E-state index contributed by atoms with van der Waals surface area (Å²) in [6, 6.07) is 4.98. The summed E-state index contributed by atoms with van der Waals surface area (Å²) in [5.74, 6) is 0.398. The zero-order valence-corrected chi connectivity index (χ0v) is 9.20. The summed E-state index contributed by atoms with van der Waals surface area (Å²) in [7, 11) is 1.58. The lowest BCUT2D eigenvalue weighted by Gasteiger charge is -2.12. The molecule has 0 aliphatic carbocycles. The number of hydrogen-bond acceptors (Lipinski definition) is 3. The smallest absolute Gasteiger partial charge is 0.251 e. The van der Waals surface area contributed by atoms with Gasteiger partial charge >= 0.3 is 0 Å². The first-order valence-corrected chi connectivity index (χ1v) is 4.83. The van der Waals surface area contributed by atoms with Gasteiger partial charge in [0.15, 0.2) is 0 Å². The van der Waals surface area contributed by atoms with E-state index in [1.54, 1.807) is 25.2 Å². The monoisotopic (exact) mass is 208 g/mol. The van der Waals surface area contributed by atoms with E-state index in [4.69, 9.17) is 10.5 Å². The zero-order valence-electron chi connectivity index (χ0n) is 9.20. The molecule has 0 saturated heterocycles. The van der Waals surface area contributed by atoms with E-state index in [1.807, 2.05) is 13.8 Å². The third-order valence-corrected chi connectivity index (χ3v) is 1.87. The number of nitrogen functional groups attached to an aromatic ring is 1. The van der Waals surface area contributed by atoms with Crippen molar-refractivity contribution in [3.05, 3.63) is 23.8 Å². The van der Waals surface area contributed by atoms with Crippen LogP contribution in [-0.4, -0.2) is 19.1 Å². The average molecular weight is 208 g/mol. The van der Waals surface area contributed by atoms with Crippen LogP contribution in [0.2, 0.25) is 0 Å². The molecule has 3 N–H and O–H groups in total. The molecule has 0 aliphatic heterocycles. The highest BCUT2D eigenvalue weighted by Gasteiger charge is 2.08. The molecule has 82 valence electrons. The molecule has 0 heterocycles. The first-order valence-electron chi connectivity index (χ1n) is 4.83. The van der Waals surface area contributed by atoms with Crippen LogP contribution in [-0.2, 0) is 0 Å². The van der Waals surface area contributed by atoms with E-state index in [0.29, 0.717) is 17.0 Å². The molecular weight excluding hydrogens is 192 g/mol. The minimum absolute atomic E-state index is 0.0345. The van der Waals surface area contributed by atoms with E-state index >= 15 is 0 Å². The van der Waals surface area contributed by atoms with Crippen LogP contribution in [0.5, 0.6) is 5.75 Å². The molecule has 1 rings (SSSR count). The van der Waals surface area contributed by atoms with Gasteiger partial charge in [0.1, 0.15) is 5.75 Å². The first kappa shape index (κ1) is 11.4. The van der Waals surface area contributed by atoms with Gasteiger partial charge in [-0.2, -0.15) is 0 Å². The maximum absolute atomic E-state index is 11.4. The molecule has 4 heteroatoms. The number of carbonyl (C=O) groups is 1. The third kappa shape index (κ3) is 2.87. The standard InChI is InChI=1S/C11H16N2O2/c1-7(2)15-10-6-8(11(14)13-3)4-5-9(10)12/h4-7H,12H2,1-3H3,(H,13,14). The summed E-state index contributed by atoms with van der Waals surface area (Å²) < 4.78 is 5.48. The van der Waals surface area contributed by atoms with Gasteiger partial charge in [-0.3, -0.25) is 4.79 Å². The van der Waals surface area contributed by atoms with Crippen molar-refractivity contribution in [3.63, 3.8) is 0 Å². The minimum Gasteiger partial charge on any atom is -0.489 e. The van der Waals surface area contributed by atoms with E-state index in [0.717, 1.165) is 0 Å². The van der Waals surface area contributed by atoms with E-state index in [-0.39, 0.29) is 12.0 Å². The molecule has 0 unspecified atom stereocenters. The molecule has 0 aliphatic rings. The number of anilines is 1. The van der Waals surface area contributed by atoms with E-state index in [2.05, 4.69) is 5.32 Å². The lowest BCUT2D eigenvalue weighted by Crippen LogP contribution is -2.18. The Morgan fingerprint density at radius 1 is 1.47 bits per heavy atom. The number of amides is 1. The fourth-order valence-corrected chi connectivity index (χ4v) is 1.18. The highest BCUT2D eigenvalue weighted by molar-refractivity contribution is 5.95. The largest absolute Gasteiger partial charge is 0.489 e. The molecule has 0 aromatic heterocycles. The Hall–Kier alpha value is -1.71. The van der Waals surface area contributed by atoms with Crippen LogP contribution in [0.1, 0.15) is 24.2 Å². The second-order valence-corrected chi connectivity index (χ2v) is 3.50. The van der Waals surface area contributed by atoms with Crippen LogP contribution in [0.4, 0.5) is 5.69 Å². The Morgan fingerprint density at radius 2 is 2.13 bits per heavy atom. The van der Waals surface area contributed by atoms with Gasteiger partial charge in [-0.25, -0.2) is 0 Å². The number of nitrogens with one attached hydrogen (secondary N) is 1. The second-order valence-electron chi connectivity index (χ2n) is 3.50. The fourth-order valence-electron chi connectivity index (χ4n) is 1.18. The lowest BCUT2D eigenvalue weighted by atomic mass is 10.2. The molecule has 0 spiro atoms. The summed E-state index contributed by atoms with van der Waals surface area (Å²) in [6.07, 6.45) is 0.0345.